The van der Waals surface area contributed by atoms with Crippen LogP contribution in [0.1, 0.15) is 22.7 Å². The summed E-state index contributed by atoms with van der Waals surface area (Å²) in [6.07, 6.45) is 0.386. The first kappa shape index (κ1) is 14.2. The van der Waals surface area contributed by atoms with Crippen molar-refractivity contribution in [3.63, 3.8) is 0 Å². The van der Waals surface area contributed by atoms with Crippen LogP contribution in [0.5, 0.6) is 0 Å². The third-order valence-electron chi connectivity index (χ3n) is 3.00. The second kappa shape index (κ2) is 5.80. The van der Waals surface area contributed by atoms with Gasteiger partial charge in [0.2, 0.25) is 0 Å². The van der Waals surface area contributed by atoms with E-state index in [2.05, 4.69) is 15.9 Å². The van der Waals surface area contributed by atoms with E-state index in [1.807, 2.05) is 25.1 Å². The second-order valence-electron chi connectivity index (χ2n) is 4.57. The van der Waals surface area contributed by atoms with Gasteiger partial charge in [-0.1, -0.05) is 34.1 Å². The highest BCUT2D eigenvalue weighted by Gasteiger charge is 2.13. The van der Waals surface area contributed by atoms with E-state index in [-0.39, 0.29) is 6.04 Å². The van der Waals surface area contributed by atoms with Crippen molar-refractivity contribution in [2.45, 2.75) is 19.4 Å². The number of hydrogen-bond donors (Lipinski definition) is 1. The average molecular weight is 326 g/mol. The van der Waals surface area contributed by atoms with Crippen molar-refractivity contribution in [2.75, 3.05) is 0 Å². The van der Waals surface area contributed by atoms with Gasteiger partial charge in [-0.3, -0.25) is 0 Å². The first-order valence-corrected chi connectivity index (χ1v) is 6.72. The van der Waals surface area contributed by atoms with E-state index in [0.29, 0.717) is 12.0 Å². The van der Waals surface area contributed by atoms with Crippen LogP contribution >= 0.6 is 15.9 Å². The van der Waals surface area contributed by atoms with Gasteiger partial charge in [-0.15, -0.1) is 0 Å². The minimum absolute atomic E-state index is 0.310. The van der Waals surface area contributed by atoms with Gasteiger partial charge in [-0.2, -0.15) is 0 Å². The highest BCUT2D eigenvalue weighted by molar-refractivity contribution is 9.10. The second-order valence-corrected chi connectivity index (χ2v) is 5.36. The molecule has 0 heterocycles. The molecule has 4 heteroatoms. The molecule has 0 radical (unpaired) electrons. The zero-order valence-corrected chi connectivity index (χ0v) is 12.0. The van der Waals surface area contributed by atoms with E-state index >= 15 is 0 Å². The molecule has 1 atom stereocenters. The first-order chi connectivity index (χ1) is 8.97. The highest BCUT2D eigenvalue weighted by Crippen LogP contribution is 2.27. The Morgan fingerprint density at radius 3 is 2.42 bits per heavy atom. The SMILES string of the molecule is Cc1cccc(C(N)Cc2cc(F)cc(F)c2)c1Br. The predicted molar refractivity (Wildman–Crippen MR) is 75.9 cm³/mol. The molecule has 1 nitrogen and oxygen atoms in total. The van der Waals surface area contributed by atoms with Crippen LogP contribution in [0.2, 0.25) is 0 Å². The van der Waals surface area contributed by atoms with E-state index in [9.17, 15) is 8.78 Å². The van der Waals surface area contributed by atoms with Gasteiger partial charge >= 0.3 is 0 Å². The van der Waals surface area contributed by atoms with Gasteiger partial charge in [-0.05, 0) is 42.2 Å². The molecule has 1 unspecified atom stereocenters. The van der Waals surface area contributed by atoms with Crippen molar-refractivity contribution in [1.82, 2.24) is 0 Å². The molecule has 0 saturated carbocycles. The Bertz CT molecular complexity index is 578. The molecule has 0 aliphatic rings. The fraction of sp³-hybridized carbons (Fsp3) is 0.200. The Balaban J connectivity index is 2.25. The van der Waals surface area contributed by atoms with Gasteiger partial charge in [-0.25, -0.2) is 8.78 Å². The molecule has 19 heavy (non-hydrogen) atoms. The molecule has 2 N–H and O–H groups in total. The van der Waals surface area contributed by atoms with E-state index in [0.717, 1.165) is 21.7 Å². The van der Waals surface area contributed by atoms with E-state index < -0.39 is 11.6 Å². The first-order valence-electron chi connectivity index (χ1n) is 5.93. The molecule has 0 saturated heterocycles. The molecule has 2 aromatic rings. The Labute approximate surface area is 119 Å². The van der Waals surface area contributed by atoms with Gasteiger partial charge in [0, 0.05) is 16.6 Å². The number of benzene rings is 2. The number of hydrogen-bond acceptors (Lipinski definition) is 1. The molecular weight excluding hydrogens is 312 g/mol. The molecule has 0 bridgehead atoms. The van der Waals surface area contributed by atoms with Crippen molar-refractivity contribution >= 4 is 15.9 Å². The van der Waals surface area contributed by atoms with Crippen LogP contribution < -0.4 is 5.73 Å². The summed E-state index contributed by atoms with van der Waals surface area (Å²) in [6, 6.07) is 8.98. The fourth-order valence-corrected chi connectivity index (χ4v) is 2.61. The molecule has 0 spiro atoms. The zero-order chi connectivity index (χ0) is 14.0. The maximum Gasteiger partial charge on any atom is 0.126 e. The average Bonchev–Trinajstić information content (AvgIpc) is 2.31. The minimum Gasteiger partial charge on any atom is -0.324 e. The summed E-state index contributed by atoms with van der Waals surface area (Å²) in [6.45, 7) is 1.97. The molecule has 2 rings (SSSR count). The Morgan fingerprint density at radius 1 is 1.16 bits per heavy atom. The van der Waals surface area contributed by atoms with Crippen LogP contribution in [0.15, 0.2) is 40.9 Å². The number of aryl methyl sites for hydroxylation is 1. The molecule has 100 valence electrons. The van der Waals surface area contributed by atoms with Gasteiger partial charge in [0.25, 0.3) is 0 Å². The molecule has 0 aromatic heterocycles. The summed E-state index contributed by atoms with van der Waals surface area (Å²) in [4.78, 5) is 0. The van der Waals surface area contributed by atoms with E-state index in [1.165, 1.54) is 12.1 Å². The smallest absolute Gasteiger partial charge is 0.126 e. The van der Waals surface area contributed by atoms with E-state index in [4.69, 9.17) is 5.73 Å². The lowest BCUT2D eigenvalue weighted by Gasteiger charge is -2.15. The summed E-state index contributed by atoms with van der Waals surface area (Å²) in [5.41, 5.74) is 8.69. The maximum absolute atomic E-state index is 13.1. The van der Waals surface area contributed by atoms with Crippen molar-refractivity contribution < 1.29 is 8.78 Å². The predicted octanol–water partition coefficient (Wildman–Crippen LogP) is 4.28. The van der Waals surface area contributed by atoms with Crippen LogP contribution in [-0.4, -0.2) is 0 Å². The summed E-state index contributed by atoms with van der Waals surface area (Å²) >= 11 is 3.49. The number of halogens is 3. The van der Waals surface area contributed by atoms with Crippen molar-refractivity contribution in [2.24, 2.45) is 5.73 Å². The molecule has 0 fully saturated rings. The molecule has 0 aliphatic carbocycles. The van der Waals surface area contributed by atoms with Crippen molar-refractivity contribution in [3.8, 4) is 0 Å². The molecular formula is C15H14BrF2N. The lowest BCUT2D eigenvalue weighted by molar-refractivity contribution is 0.576. The largest absolute Gasteiger partial charge is 0.324 e. The van der Waals surface area contributed by atoms with Crippen LogP contribution in [0, 0.1) is 18.6 Å². The topological polar surface area (TPSA) is 26.0 Å². The Morgan fingerprint density at radius 2 is 1.79 bits per heavy atom. The summed E-state index contributed by atoms with van der Waals surface area (Å²) in [5.74, 6) is -1.16. The highest BCUT2D eigenvalue weighted by atomic mass is 79.9. The van der Waals surface area contributed by atoms with Crippen molar-refractivity contribution in [1.29, 1.82) is 0 Å². The zero-order valence-electron chi connectivity index (χ0n) is 10.5. The van der Waals surface area contributed by atoms with E-state index in [1.54, 1.807) is 0 Å². The van der Waals surface area contributed by atoms with Crippen LogP contribution in [0.25, 0.3) is 0 Å². The van der Waals surface area contributed by atoms with Gasteiger partial charge in [0.1, 0.15) is 11.6 Å². The molecule has 2 aromatic carbocycles. The lowest BCUT2D eigenvalue weighted by Crippen LogP contribution is -2.14. The van der Waals surface area contributed by atoms with Crippen LogP contribution in [0.4, 0.5) is 8.78 Å². The van der Waals surface area contributed by atoms with Crippen LogP contribution in [-0.2, 0) is 6.42 Å². The third kappa shape index (κ3) is 3.39. The summed E-state index contributed by atoms with van der Waals surface area (Å²) in [7, 11) is 0. The Hall–Kier alpha value is -1.26. The minimum atomic E-state index is -0.578. The van der Waals surface area contributed by atoms with Gasteiger partial charge in [0.15, 0.2) is 0 Å². The summed E-state index contributed by atoms with van der Waals surface area (Å²) < 4.78 is 27.2. The molecule has 0 aliphatic heterocycles. The monoisotopic (exact) mass is 325 g/mol. The maximum atomic E-state index is 13.1. The number of nitrogens with two attached hydrogens (primary N) is 1. The van der Waals surface area contributed by atoms with Gasteiger partial charge < -0.3 is 5.73 Å². The standard InChI is InChI=1S/C15H14BrF2N/c1-9-3-2-4-13(15(9)16)14(19)7-10-5-11(17)8-12(18)6-10/h2-6,8,14H,7,19H2,1H3. The quantitative estimate of drug-likeness (QED) is 0.895. The Kier molecular flexibility index (Phi) is 4.32. The third-order valence-corrected chi connectivity index (χ3v) is 4.08. The normalized spacial score (nSPS) is 12.5. The molecule has 0 amide bonds. The van der Waals surface area contributed by atoms with Gasteiger partial charge in [0.05, 0.1) is 0 Å². The number of rotatable bonds is 3. The van der Waals surface area contributed by atoms with Crippen LogP contribution in [0.3, 0.4) is 0 Å². The van der Waals surface area contributed by atoms with Crippen molar-refractivity contribution in [3.05, 3.63) is 69.2 Å². The summed E-state index contributed by atoms with van der Waals surface area (Å²) in [5, 5.41) is 0. The fourth-order valence-electron chi connectivity index (χ4n) is 2.05. The lowest BCUT2D eigenvalue weighted by atomic mass is 9.98.